The monoisotopic (exact) mass is 581 g/mol. The molecular formula is C33H31N3O3S2. The minimum Gasteiger partial charge on any atom is -0.497 e. The maximum Gasteiger partial charge on any atom is 0.255 e. The number of nitrogens with one attached hydrogen (secondary N) is 2. The molecule has 2 N–H and O–H groups in total. The standard InChI is InChI=1S/C33H31N3O3S2/c1-3-29(40-26-11-7-10-24(19-26)35-31(37)22-12-15-25(39-2)16-13-22)32(38)36-33-28(20-34)27-17-14-23(18-30(27)41-33)21-8-5-4-6-9-21/h4-13,15-16,19,23,29H,3,14,17-18H2,1-2H3,(H,35,37)(H,36,38). The van der Waals surface area contributed by atoms with Gasteiger partial charge >= 0.3 is 0 Å². The number of carbonyl (C=O) groups is 2. The van der Waals surface area contributed by atoms with E-state index in [-0.39, 0.29) is 17.1 Å². The van der Waals surface area contributed by atoms with Gasteiger partial charge in [-0.05, 0) is 85.2 Å². The molecule has 6 nitrogen and oxygen atoms in total. The van der Waals surface area contributed by atoms with E-state index in [0.29, 0.717) is 39.9 Å². The maximum absolute atomic E-state index is 13.4. The van der Waals surface area contributed by atoms with Crippen molar-refractivity contribution in [3.05, 3.63) is 106 Å². The van der Waals surface area contributed by atoms with Gasteiger partial charge in [-0.15, -0.1) is 23.1 Å². The number of hydrogen-bond acceptors (Lipinski definition) is 6. The molecule has 0 saturated heterocycles. The van der Waals surface area contributed by atoms with Crippen LogP contribution in [0.25, 0.3) is 0 Å². The summed E-state index contributed by atoms with van der Waals surface area (Å²) >= 11 is 2.98. The molecule has 1 aromatic heterocycles. The summed E-state index contributed by atoms with van der Waals surface area (Å²) in [5, 5.41) is 16.3. The largest absolute Gasteiger partial charge is 0.497 e. The molecule has 2 unspecified atom stereocenters. The van der Waals surface area contributed by atoms with Gasteiger partial charge in [0.2, 0.25) is 5.91 Å². The molecule has 0 spiro atoms. The summed E-state index contributed by atoms with van der Waals surface area (Å²) in [4.78, 5) is 28.2. The van der Waals surface area contributed by atoms with Gasteiger partial charge in [-0.2, -0.15) is 5.26 Å². The van der Waals surface area contributed by atoms with Gasteiger partial charge in [0.1, 0.15) is 16.8 Å². The molecular weight excluding hydrogens is 551 g/mol. The molecule has 0 radical (unpaired) electrons. The van der Waals surface area contributed by atoms with E-state index in [1.165, 1.54) is 33.5 Å². The first-order valence-electron chi connectivity index (χ1n) is 13.6. The summed E-state index contributed by atoms with van der Waals surface area (Å²) in [6.07, 6.45) is 3.33. The second-order valence-electron chi connectivity index (χ2n) is 9.88. The smallest absolute Gasteiger partial charge is 0.255 e. The number of amides is 2. The number of rotatable bonds is 9. The molecule has 1 heterocycles. The Labute approximate surface area is 248 Å². The first-order valence-corrected chi connectivity index (χ1v) is 15.3. The fourth-order valence-electron chi connectivity index (χ4n) is 5.07. The maximum atomic E-state index is 13.4. The van der Waals surface area contributed by atoms with Crippen molar-refractivity contribution in [3.63, 3.8) is 0 Å². The van der Waals surface area contributed by atoms with Crippen molar-refractivity contribution < 1.29 is 14.3 Å². The Kier molecular flexibility index (Phi) is 9.07. The minimum atomic E-state index is -0.356. The molecule has 5 rings (SSSR count). The number of hydrogen-bond donors (Lipinski definition) is 2. The van der Waals surface area contributed by atoms with E-state index >= 15 is 0 Å². The van der Waals surface area contributed by atoms with Gasteiger partial charge in [0.25, 0.3) is 5.91 Å². The Balaban J connectivity index is 1.25. The third-order valence-electron chi connectivity index (χ3n) is 7.27. The predicted octanol–water partition coefficient (Wildman–Crippen LogP) is 7.66. The zero-order chi connectivity index (χ0) is 28.8. The predicted molar refractivity (Wildman–Crippen MR) is 166 cm³/mol. The van der Waals surface area contributed by atoms with Crippen molar-refractivity contribution in [1.29, 1.82) is 5.26 Å². The number of ether oxygens (including phenoxy) is 1. The van der Waals surface area contributed by atoms with Crippen LogP contribution in [0.2, 0.25) is 0 Å². The number of thioether (sulfide) groups is 1. The molecule has 1 aliphatic carbocycles. The first kappa shape index (κ1) is 28.5. The average molecular weight is 582 g/mol. The Bertz CT molecular complexity index is 1580. The summed E-state index contributed by atoms with van der Waals surface area (Å²) in [6.45, 7) is 1.97. The quantitative estimate of drug-likeness (QED) is 0.198. The summed E-state index contributed by atoms with van der Waals surface area (Å²) in [6, 6.07) is 27.3. The van der Waals surface area contributed by atoms with Crippen LogP contribution in [0.1, 0.15) is 57.6 Å². The van der Waals surface area contributed by atoms with Crippen molar-refractivity contribution in [1.82, 2.24) is 0 Å². The molecule has 208 valence electrons. The van der Waals surface area contributed by atoms with Crippen LogP contribution in [-0.2, 0) is 17.6 Å². The fraction of sp³-hybridized carbons (Fsp3) is 0.242. The van der Waals surface area contributed by atoms with Gasteiger partial charge in [-0.3, -0.25) is 9.59 Å². The first-order chi connectivity index (χ1) is 20.0. The normalized spacial score (nSPS) is 14.8. The van der Waals surface area contributed by atoms with E-state index in [0.717, 1.165) is 29.7 Å². The number of benzene rings is 3. The molecule has 0 bridgehead atoms. The van der Waals surface area contributed by atoms with Crippen molar-refractivity contribution >= 4 is 45.6 Å². The average Bonchev–Trinajstić information content (AvgIpc) is 3.36. The zero-order valence-corrected chi connectivity index (χ0v) is 24.6. The number of nitriles is 1. The van der Waals surface area contributed by atoms with Gasteiger partial charge in [0.15, 0.2) is 0 Å². The Morgan fingerprint density at radius 3 is 2.56 bits per heavy atom. The third kappa shape index (κ3) is 6.64. The molecule has 2 amide bonds. The lowest BCUT2D eigenvalue weighted by Crippen LogP contribution is -2.24. The summed E-state index contributed by atoms with van der Waals surface area (Å²) in [7, 11) is 1.58. The highest BCUT2D eigenvalue weighted by atomic mass is 32.2. The Morgan fingerprint density at radius 1 is 1.07 bits per heavy atom. The van der Waals surface area contributed by atoms with Crippen LogP contribution in [-0.4, -0.2) is 24.2 Å². The van der Waals surface area contributed by atoms with Crippen molar-refractivity contribution in [2.45, 2.75) is 48.7 Å². The minimum absolute atomic E-state index is 0.125. The SMILES string of the molecule is CCC(Sc1cccc(NC(=O)c2ccc(OC)cc2)c1)C(=O)Nc1sc2c(c1C#N)CCC(c1ccccc1)C2. The van der Waals surface area contributed by atoms with Crippen molar-refractivity contribution in [3.8, 4) is 11.8 Å². The van der Waals surface area contributed by atoms with Crippen LogP contribution in [0.4, 0.5) is 10.7 Å². The van der Waals surface area contributed by atoms with Gasteiger partial charge < -0.3 is 15.4 Å². The van der Waals surface area contributed by atoms with Gasteiger partial charge in [0, 0.05) is 21.0 Å². The molecule has 1 aliphatic rings. The lowest BCUT2D eigenvalue weighted by Gasteiger charge is -2.22. The molecule has 2 atom stereocenters. The van der Waals surface area contributed by atoms with E-state index in [1.54, 1.807) is 31.4 Å². The highest BCUT2D eigenvalue weighted by molar-refractivity contribution is 8.00. The van der Waals surface area contributed by atoms with E-state index in [9.17, 15) is 14.9 Å². The molecule has 0 fully saturated rings. The summed E-state index contributed by atoms with van der Waals surface area (Å²) in [5.41, 5.74) is 4.18. The lowest BCUT2D eigenvalue weighted by molar-refractivity contribution is -0.115. The van der Waals surface area contributed by atoms with E-state index in [1.807, 2.05) is 37.3 Å². The van der Waals surface area contributed by atoms with Crippen LogP contribution in [0.5, 0.6) is 5.75 Å². The Hall–Kier alpha value is -4.06. The van der Waals surface area contributed by atoms with Crippen molar-refractivity contribution in [2.75, 3.05) is 17.7 Å². The van der Waals surface area contributed by atoms with Gasteiger partial charge in [-0.25, -0.2) is 0 Å². The highest BCUT2D eigenvalue weighted by Gasteiger charge is 2.28. The third-order valence-corrected chi connectivity index (χ3v) is 9.80. The van der Waals surface area contributed by atoms with E-state index < -0.39 is 0 Å². The Morgan fingerprint density at radius 2 is 1.85 bits per heavy atom. The highest BCUT2D eigenvalue weighted by Crippen LogP contribution is 2.42. The van der Waals surface area contributed by atoms with Gasteiger partial charge in [-0.1, -0.05) is 43.3 Å². The van der Waals surface area contributed by atoms with Crippen LogP contribution in [0.15, 0.2) is 83.8 Å². The fourth-order valence-corrected chi connectivity index (χ4v) is 7.37. The number of nitrogens with zero attached hydrogens (tertiary/aromatic N) is 1. The molecule has 8 heteroatoms. The molecule has 4 aromatic rings. The molecule has 41 heavy (non-hydrogen) atoms. The number of methoxy groups -OCH3 is 1. The molecule has 0 aliphatic heterocycles. The summed E-state index contributed by atoms with van der Waals surface area (Å²) in [5.74, 6) is 0.762. The second kappa shape index (κ2) is 13.1. The topological polar surface area (TPSA) is 91.2 Å². The second-order valence-corrected chi connectivity index (χ2v) is 12.3. The van der Waals surface area contributed by atoms with E-state index in [2.05, 4.69) is 41.0 Å². The summed E-state index contributed by atoms with van der Waals surface area (Å²) < 4.78 is 5.16. The molecule has 0 saturated carbocycles. The number of thiophene rings is 1. The van der Waals surface area contributed by atoms with Crippen molar-refractivity contribution in [2.24, 2.45) is 0 Å². The lowest BCUT2D eigenvalue weighted by atomic mass is 9.83. The number of anilines is 2. The van der Waals surface area contributed by atoms with Crippen LogP contribution >= 0.6 is 23.1 Å². The number of fused-ring (bicyclic) bond motifs is 1. The zero-order valence-electron chi connectivity index (χ0n) is 23.0. The van der Waals surface area contributed by atoms with Crippen LogP contribution < -0.4 is 15.4 Å². The molecule has 3 aromatic carbocycles. The van der Waals surface area contributed by atoms with Crippen LogP contribution in [0.3, 0.4) is 0 Å². The van der Waals surface area contributed by atoms with Crippen LogP contribution in [0, 0.1) is 11.3 Å². The number of carbonyl (C=O) groups excluding carboxylic acids is 2. The van der Waals surface area contributed by atoms with E-state index in [4.69, 9.17) is 4.74 Å². The van der Waals surface area contributed by atoms with Gasteiger partial charge in [0.05, 0.1) is 17.9 Å².